The Bertz CT molecular complexity index is 481. The Balaban J connectivity index is 1.80. The standard InChI is InChI=1S/C17H24F2N2/c18-15-9-12(5-7-20)10-16(19)17(15)21-8-6-13-3-1-2-4-14(13)11-21/h9-10,13-14H,1-8,11,20H2. The van der Waals surface area contributed by atoms with Gasteiger partial charge in [-0.1, -0.05) is 19.3 Å². The topological polar surface area (TPSA) is 29.3 Å². The predicted molar refractivity (Wildman–Crippen MR) is 81.4 cm³/mol. The molecule has 116 valence electrons. The summed E-state index contributed by atoms with van der Waals surface area (Å²) in [7, 11) is 0. The Hall–Kier alpha value is -1.16. The van der Waals surface area contributed by atoms with E-state index in [2.05, 4.69) is 0 Å². The highest BCUT2D eigenvalue weighted by Crippen LogP contribution is 2.38. The lowest BCUT2D eigenvalue weighted by atomic mass is 9.75. The lowest BCUT2D eigenvalue weighted by Gasteiger charge is -2.42. The molecular formula is C17H24F2N2. The van der Waals surface area contributed by atoms with Crippen LogP contribution in [-0.2, 0) is 6.42 Å². The van der Waals surface area contributed by atoms with Crippen LogP contribution in [0.2, 0.25) is 0 Å². The summed E-state index contributed by atoms with van der Waals surface area (Å²) in [6, 6.07) is 2.89. The zero-order chi connectivity index (χ0) is 14.8. The maximum absolute atomic E-state index is 14.3. The number of anilines is 1. The third-order valence-electron chi connectivity index (χ3n) is 5.12. The molecule has 1 aliphatic carbocycles. The number of hydrogen-bond acceptors (Lipinski definition) is 2. The first-order valence-corrected chi connectivity index (χ1v) is 8.12. The van der Waals surface area contributed by atoms with E-state index in [0.717, 1.165) is 25.4 Å². The van der Waals surface area contributed by atoms with Gasteiger partial charge in [0.2, 0.25) is 0 Å². The van der Waals surface area contributed by atoms with Gasteiger partial charge in [0.05, 0.1) is 0 Å². The van der Waals surface area contributed by atoms with Gasteiger partial charge in [0.1, 0.15) is 17.3 Å². The van der Waals surface area contributed by atoms with Gasteiger partial charge in [-0.15, -0.1) is 0 Å². The van der Waals surface area contributed by atoms with E-state index in [1.807, 2.05) is 4.90 Å². The minimum Gasteiger partial charge on any atom is -0.366 e. The zero-order valence-electron chi connectivity index (χ0n) is 12.5. The largest absolute Gasteiger partial charge is 0.366 e. The maximum Gasteiger partial charge on any atom is 0.149 e. The average molecular weight is 294 g/mol. The van der Waals surface area contributed by atoms with Gasteiger partial charge in [-0.25, -0.2) is 8.78 Å². The fourth-order valence-electron chi connectivity index (χ4n) is 4.04. The molecule has 0 bridgehead atoms. The van der Waals surface area contributed by atoms with Crippen molar-refractivity contribution in [3.63, 3.8) is 0 Å². The van der Waals surface area contributed by atoms with Crippen LogP contribution in [0.15, 0.2) is 12.1 Å². The number of benzene rings is 1. The summed E-state index contributed by atoms with van der Waals surface area (Å²) in [6.07, 6.45) is 6.65. The van der Waals surface area contributed by atoms with Crippen LogP contribution < -0.4 is 10.6 Å². The summed E-state index contributed by atoms with van der Waals surface area (Å²) in [5, 5.41) is 0. The maximum atomic E-state index is 14.3. The second kappa shape index (κ2) is 6.30. The van der Waals surface area contributed by atoms with Crippen molar-refractivity contribution >= 4 is 5.69 Å². The number of hydrogen-bond donors (Lipinski definition) is 1. The Morgan fingerprint density at radius 1 is 1.05 bits per heavy atom. The number of nitrogens with two attached hydrogens (primary N) is 1. The lowest BCUT2D eigenvalue weighted by molar-refractivity contribution is 0.201. The van der Waals surface area contributed by atoms with E-state index < -0.39 is 11.6 Å². The first-order chi connectivity index (χ1) is 10.2. The number of nitrogens with zero attached hydrogens (tertiary/aromatic N) is 1. The van der Waals surface area contributed by atoms with Gasteiger partial charge < -0.3 is 10.6 Å². The van der Waals surface area contributed by atoms with E-state index in [-0.39, 0.29) is 5.69 Å². The summed E-state index contributed by atoms with van der Waals surface area (Å²) in [5.74, 6) is 0.494. The molecule has 0 spiro atoms. The van der Waals surface area contributed by atoms with Gasteiger partial charge in [0.25, 0.3) is 0 Å². The third-order valence-corrected chi connectivity index (χ3v) is 5.12. The molecule has 0 aromatic heterocycles. The lowest BCUT2D eigenvalue weighted by Crippen LogP contribution is -2.42. The monoisotopic (exact) mass is 294 g/mol. The van der Waals surface area contributed by atoms with Gasteiger partial charge in [0, 0.05) is 13.1 Å². The smallest absolute Gasteiger partial charge is 0.149 e. The Morgan fingerprint density at radius 3 is 2.38 bits per heavy atom. The number of piperidine rings is 1. The van der Waals surface area contributed by atoms with Crippen LogP contribution in [0.1, 0.15) is 37.7 Å². The molecule has 2 atom stereocenters. The van der Waals surface area contributed by atoms with Crippen molar-refractivity contribution in [2.24, 2.45) is 17.6 Å². The van der Waals surface area contributed by atoms with Gasteiger partial charge in [-0.2, -0.15) is 0 Å². The molecule has 21 heavy (non-hydrogen) atoms. The van der Waals surface area contributed by atoms with Crippen LogP contribution in [0.4, 0.5) is 14.5 Å². The van der Waals surface area contributed by atoms with E-state index in [4.69, 9.17) is 5.73 Å². The summed E-state index contributed by atoms with van der Waals surface area (Å²) in [6.45, 7) is 1.98. The molecule has 1 aromatic rings. The number of rotatable bonds is 3. The van der Waals surface area contributed by atoms with Crippen LogP contribution in [0.25, 0.3) is 0 Å². The molecule has 2 N–H and O–H groups in total. The van der Waals surface area contributed by atoms with Crippen molar-refractivity contribution in [3.05, 3.63) is 29.3 Å². The SMILES string of the molecule is NCCc1cc(F)c(N2CCC3CCCCC3C2)c(F)c1. The zero-order valence-corrected chi connectivity index (χ0v) is 12.5. The summed E-state index contributed by atoms with van der Waals surface area (Å²) in [5.41, 5.74) is 6.27. The quantitative estimate of drug-likeness (QED) is 0.924. The number of fused-ring (bicyclic) bond motifs is 1. The second-order valence-corrected chi connectivity index (χ2v) is 6.49. The van der Waals surface area contributed by atoms with Crippen LogP contribution in [0, 0.1) is 23.5 Å². The van der Waals surface area contributed by atoms with Crippen LogP contribution in [0.3, 0.4) is 0 Å². The van der Waals surface area contributed by atoms with Crippen molar-refractivity contribution in [1.82, 2.24) is 0 Å². The minimum absolute atomic E-state index is 0.166. The van der Waals surface area contributed by atoms with Crippen LogP contribution in [-0.4, -0.2) is 19.6 Å². The Kier molecular flexibility index (Phi) is 4.43. The molecular weight excluding hydrogens is 270 g/mol. The van der Waals surface area contributed by atoms with E-state index in [1.165, 1.54) is 37.8 Å². The average Bonchev–Trinajstić information content (AvgIpc) is 2.47. The first-order valence-electron chi connectivity index (χ1n) is 8.12. The summed E-state index contributed by atoms with van der Waals surface area (Å²) >= 11 is 0. The Labute approximate surface area is 125 Å². The molecule has 0 amide bonds. The highest BCUT2D eigenvalue weighted by molar-refractivity contribution is 5.51. The highest BCUT2D eigenvalue weighted by Gasteiger charge is 2.33. The molecule has 2 unspecified atom stereocenters. The molecule has 1 aliphatic heterocycles. The van der Waals surface area contributed by atoms with Gasteiger partial charge in [0.15, 0.2) is 0 Å². The highest BCUT2D eigenvalue weighted by atomic mass is 19.1. The molecule has 2 aliphatic rings. The van der Waals surface area contributed by atoms with E-state index in [1.54, 1.807) is 0 Å². The fourth-order valence-corrected chi connectivity index (χ4v) is 4.04. The molecule has 4 heteroatoms. The minimum atomic E-state index is -0.437. The van der Waals surface area contributed by atoms with Gasteiger partial charge >= 0.3 is 0 Å². The summed E-state index contributed by atoms with van der Waals surface area (Å²) in [4.78, 5) is 1.92. The van der Waals surface area contributed by atoms with Crippen LogP contribution >= 0.6 is 0 Å². The molecule has 1 saturated heterocycles. The van der Waals surface area contributed by atoms with E-state index >= 15 is 0 Å². The molecule has 1 aromatic carbocycles. The van der Waals surface area contributed by atoms with Crippen molar-refractivity contribution in [1.29, 1.82) is 0 Å². The first kappa shape index (κ1) is 14.8. The van der Waals surface area contributed by atoms with Crippen LogP contribution in [0.5, 0.6) is 0 Å². The number of halogens is 2. The van der Waals surface area contributed by atoms with Crippen molar-refractivity contribution < 1.29 is 8.78 Å². The molecule has 1 saturated carbocycles. The normalized spacial score (nSPS) is 25.8. The third kappa shape index (κ3) is 3.05. The van der Waals surface area contributed by atoms with Crippen molar-refractivity contribution in [3.8, 4) is 0 Å². The van der Waals surface area contributed by atoms with E-state index in [9.17, 15) is 8.78 Å². The van der Waals surface area contributed by atoms with Crippen molar-refractivity contribution in [2.45, 2.75) is 38.5 Å². The molecule has 0 radical (unpaired) electrons. The molecule has 3 rings (SSSR count). The summed E-state index contributed by atoms with van der Waals surface area (Å²) < 4.78 is 28.6. The van der Waals surface area contributed by atoms with Gasteiger partial charge in [-0.3, -0.25) is 0 Å². The Morgan fingerprint density at radius 2 is 1.71 bits per heavy atom. The van der Waals surface area contributed by atoms with E-state index in [0.29, 0.717) is 24.4 Å². The van der Waals surface area contributed by atoms with Crippen molar-refractivity contribution in [2.75, 3.05) is 24.5 Å². The molecule has 2 nitrogen and oxygen atoms in total. The van der Waals surface area contributed by atoms with Gasteiger partial charge in [-0.05, 0) is 55.3 Å². The molecule has 1 heterocycles. The second-order valence-electron chi connectivity index (χ2n) is 6.49. The molecule has 2 fully saturated rings. The predicted octanol–water partition coefficient (Wildman–Crippen LogP) is 3.48. The fraction of sp³-hybridized carbons (Fsp3) is 0.647.